The van der Waals surface area contributed by atoms with Crippen molar-refractivity contribution in [3.63, 3.8) is 0 Å². The standard InChI is InChI=1S/C12H19N3/c1-15(2)12-5-3-4-10(8-12)14-11-6-9(13)7-11/h3-5,8-9,11,14H,6-7,13H2,1-2H3. The molecule has 0 bridgehead atoms. The van der Waals surface area contributed by atoms with E-state index in [1.54, 1.807) is 0 Å². The van der Waals surface area contributed by atoms with Crippen molar-refractivity contribution in [3.05, 3.63) is 24.3 Å². The predicted octanol–water partition coefficient (Wildman–Crippen LogP) is 1.65. The fraction of sp³-hybridized carbons (Fsp3) is 0.500. The fourth-order valence-corrected chi connectivity index (χ4v) is 1.89. The third kappa shape index (κ3) is 2.42. The van der Waals surface area contributed by atoms with E-state index in [1.165, 1.54) is 11.4 Å². The Morgan fingerprint density at radius 2 is 2.07 bits per heavy atom. The summed E-state index contributed by atoms with van der Waals surface area (Å²) in [6.07, 6.45) is 2.18. The number of hydrogen-bond donors (Lipinski definition) is 2. The molecule has 1 aliphatic rings. The van der Waals surface area contributed by atoms with Gasteiger partial charge in [-0.1, -0.05) is 6.07 Å². The van der Waals surface area contributed by atoms with Crippen LogP contribution >= 0.6 is 0 Å². The summed E-state index contributed by atoms with van der Waals surface area (Å²) in [6, 6.07) is 9.44. The van der Waals surface area contributed by atoms with Crippen LogP contribution in [0.15, 0.2) is 24.3 Å². The van der Waals surface area contributed by atoms with E-state index in [0.29, 0.717) is 12.1 Å². The molecule has 0 spiro atoms. The zero-order chi connectivity index (χ0) is 10.8. The lowest BCUT2D eigenvalue weighted by molar-refractivity contribution is 0.374. The largest absolute Gasteiger partial charge is 0.382 e. The molecule has 0 radical (unpaired) electrons. The first-order valence-electron chi connectivity index (χ1n) is 5.44. The van der Waals surface area contributed by atoms with E-state index in [4.69, 9.17) is 5.73 Å². The van der Waals surface area contributed by atoms with Crippen LogP contribution in [0.3, 0.4) is 0 Å². The molecule has 1 aliphatic carbocycles. The van der Waals surface area contributed by atoms with Gasteiger partial charge in [0, 0.05) is 37.6 Å². The molecule has 0 heterocycles. The summed E-state index contributed by atoms with van der Waals surface area (Å²) in [4.78, 5) is 2.11. The van der Waals surface area contributed by atoms with Gasteiger partial charge in [0.25, 0.3) is 0 Å². The highest BCUT2D eigenvalue weighted by Gasteiger charge is 2.25. The third-order valence-electron chi connectivity index (χ3n) is 2.91. The van der Waals surface area contributed by atoms with Crippen molar-refractivity contribution < 1.29 is 0 Å². The minimum atomic E-state index is 0.402. The Morgan fingerprint density at radius 1 is 1.33 bits per heavy atom. The second-order valence-electron chi connectivity index (χ2n) is 4.52. The molecule has 1 aromatic rings. The van der Waals surface area contributed by atoms with E-state index in [-0.39, 0.29) is 0 Å². The Bertz CT molecular complexity index is 329. The Hall–Kier alpha value is -1.22. The second-order valence-corrected chi connectivity index (χ2v) is 4.52. The summed E-state index contributed by atoms with van der Waals surface area (Å²) in [5.41, 5.74) is 8.17. The van der Waals surface area contributed by atoms with E-state index in [0.717, 1.165) is 12.8 Å². The Kier molecular flexibility index (Phi) is 2.82. The van der Waals surface area contributed by atoms with Crippen LogP contribution in [0.5, 0.6) is 0 Å². The molecule has 0 aromatic heterocycles. The van der Waals surface area contributed by atoms with Crippen LogP contribution in [0, 0.1) is 0 Å². The number of nitrogens with two attached hydrogens (primary N) is 1. The summed E-state index contributed by atoms with van der Waals surface area (Å²) in [6.45, 7) is 0. The van der Waals surface area contributed by atoms with Crippen molar-refractivity contribution in [2.45, 2.75) is 24.9 Å². The maximum atomic E-state index is 5.75. The van der Waals surface area contributed by atoms with Crippen LogP contribution in [0.4, 0.5) is 11.4 Å². The molecule has 2 rings (SSSR count). The van der Waals surface area contributed by atoms with Crippen molar-refractivity contribution in [3.8, 4) is 0 Å². The second kappa shape index (κ2) is 4.11. The van der Waals surface area contributed by atoms with Gasteiger partial charge < -0.3 is 16.0 Å². The van der Waals surface area contributed by atoms with Crippen LogP contribution in [-0.4, -0.2) is 26.2 Å². The molecule has 1 saturated carbocycles. The normalized spacial score (nSPS) is 24.5. The molecule has 15 heavy (non-hydrogen) atoms. The average Bonchev–Trinajstić information content (AvgIpc) is 2.16. The lowest BCUT2D eigenvalue weighted by Crippen LogP contribution is -2.44. The molecule has 82 valence electrons. The van der Waals surface area contributed by atoms with Crippen LogP contribution in [-0.2, 0) is 0 Å². The van der Waals surface area contributed by atoms with Gasteiger partial charge in [-0.05, 0) is 31.0 Å². The summed E-state index contributed by atoms with van der Waals surface area (Å²) >= 11 is 0. The topological polar surface area (TPSA) is 41.3 Å². The van der Waals surface area contributed by atoms with E-state index < -0.39 is 0 Å². The van der Waals surface area contributed by atoms with Crippen molar-refractivity contribution in [2.75, 3.05) is 24.3 Å². The molecule has 0 atom stereocenters. The minimum Gasteiger partial charge on any atom is -0.382 e. The van der Waals surface area contributed by atoms with E-state index >= 15 is 0 Å². The van der Waals surface area contributed by atoms with Gasteiger partial charge in [-0.25, -0.2) is 0 Å². The number of rotatable bonds is 3. The van der Waals surface area contributed by atoms with E-state index in [9.17, 15) is 0 Å². The molecular formula is C12H19N3. The first kappa shape index (κ1) is 10.3. The summed E-state index contributed by atoms with van der Waals surface area (Å²) in [5, 5.41) is 3.50. The van der Waals surface area contributed by atoms with Crippen LogP contribution in [0.25, 0.3) is 0 Å². The number of hydrogen-bond acceptors (Lipinski definition) is 3. The number of anilines is 2. The van der Waals surface area contributed by atoms with Crippen LogP contribution in [0.2, 0.25) is 0 Å². The molecule has 1 aromatic carbocycles. The highest BCUT2D eigenvalue weighted by Crippen LogP contribution is 2.24. The SMILES string of the molecule is CN(C)c1cccc(NC2CC(N)C2)c1. The highest BCUT2D eigenvalue weighted by molar-refractivity contribution is 5.57. The fourth-order valence-electron chi connectivity index (χ4n) is 1.89. The molecule has 1 fully saturated rings. The highest BCUT2D eigenvalue weighted by atomic mass is 15.1. The van der Waals surface area contributed by atoms with Gasteiger partial charge in [0.05, 0.1) is 0 Å². The molecule has 3 nitrogen and oxygen atoms in total. The summed E-state index contributed by atoms with van der Waals surface area (Å²) < 4.78 is 0. The first-order chi connectivity index (χ1) is 7.15. The number of nitrogens with one attached hydrogen (secondary N) is 1. The van der Waals surface area contributed by atoms with Gasteiger partial charge >= 0.3 is 0 Å². The molecule has 0 saturated heterocycles. The number of nitrogens with zero attached hydrogens (tertiary/aromatic N) is 1. The zero-order valence-corrected chi connectivity index (χ0v) is 9.40. The molecule has 0 amide bonds. The van der Waals surface area contributed by atoms with Crippen molar-refractivity contribution in [2.24, 2.45) is 5.73 Å². The van der Waals surface area contributed by atoms with Crippen LogP contribution in [0.1, 0.15) is 12.8 Å². The van der Waals surface area contributed by atoms with E-state index in [2.05, 4.69) is 48.6 Å². The molecule has 3 N–H and O–H groups in total. The smallest absolute Gasteiger partial charge is 0.0381 e. The van der Waals surface area contributed by atoms with E-state index in [1.807, 2.05) is 0 Å². The molecular weight excluding hydrogens is 186 g/mol. The van der Waals surface area contributed by atoms with Crippen molar-refractivity contribution >= 4 is 11.4 Å². The molecule has 0 unspecified atom stereocenters. The van der Waals surface area contributed by atoms with Gasteiger partial charge in [-0.15, -0.1) is 0 Å². The van der Waals surface area contributed by atoms with Gasteiger partial charge in [0.2, 0.25) is 0 Å². The Balaban J connectivity index is 1.99. The molecule has 0 aliphatic heterocycles. The van der Waals surface area contributed by atoms with Gasteiger partial charge in [0.15, 0.2) is 0 Å². The first-order valence-corrected chi connectivity index (χ1v) is 5.44. The monoisotopic (exact) mass is 205 g/mol. The lowest BCUT2D eigenvalue weighted by atomic mass is 9.87. The Labute approximate surface area is 91.3 Å². The molecule has 3 heteroatoms. The Morgan fingerprint density at radius 3 is 2.67 bits per heavy atom. The van der Waals surface area contributed by atoms with Crippen LogP contribution < -0.4 is 16.0 Å². The van der Waals surface area contributed by atoms with Gasteiger partial charge in [-0.2, -0.15) is 0 Å². The zero-order valence-electron chi connectivity index (χ0n) is 9.40. The third-order valence-corrected chi connectivity index (χ3v) is 2.91. The maximum absolute atomic E-state index is 5.75. The van der Waals surface area contributed by atoms with Crippen molar-refractivity contribution in [1.29, 1.82) is 0 Å². The van der Waals surface area contributed by atoms with Gasteiger partial charge in [-0.3, -0.25) is 0 Å². The van der Waals surface area contributed by atoms with Gasteiger partial charge in [0.1, 0.15) is 0 Å². The quantitative estimate of drug-likeness (QED) is 0.788. The lowest BCUT2D eigenvalue weighted by Gasteiger charge is -2.34. The number of benzene rings is 1. The van der Waals surface area contributed by atoms with Crippen molar-refractivity contribution in [1.82, 2.24) is 0 Å². The maximum Gasteiger partial charge on any atom is 0.0381 e. The summed E-state index contributed by atoms with van der Waals surface area (Å²) in [7, 11) is 4.11. The summed E-state index contributed by atoms with van der Waals surface area (Å²) in [5.74, 6) is 0. The average molecular weight is 205 g/mol. The minimum absolute atomic E-state index is 0.402. The predicted molar refractivity (Wildman–Crippen MR) is 65.4 cm³/mol.